The first-order valence-corrected chi connectivity index (χ1v) is 18.6. The standard InChI is InChI=1S/C45H47N6/c1-8-45(9-2)26-36(33-18-12-13-19-34(33)43-49(22-23-50(43)45)40-30(5)24-28(3)25-31(40)6)39-35-20-14-15-21-37(35)51-42-38(48(7)44(39)51)27-46-41(47-42)32-17-11-10-16-29(32)4/h10-25,27,36,39,44H,8-9,26H2,1-7H3/q+1. The van der Waals surface area contributed by atoms with Crippen molar-refractivity contribution in [3.05, 3.63) is 137 Å². The summed E-state index contributed by atoms with van der Waals surface area (Å²) in [7, 11) is 2.25. The van der Waals surface area contributed by atoms with Crippen molar-refractivity contribution >= 4 is 17.2 Å². The van der Waals surface area contributed by atoms with Gasteiger partial charge in [-0.25, -0.2) is 14.5 Å². The van der Waals surface area contributed by atoms with Crippen LogP contribution in [0.4, 0.5) is 17.2 Å². The molecule has 3 unspecified atom stereocenters. The fourth-order valence-corrected chi connectivity index (χ4v) is 10.0. The van der Waals surface area contributed by atoms with Crippen molar-refractivity contribution < 1.29 is 4.57 Å². The number of rotatable bonds is 5. The summed E-state index contributed by atoms with van der Waals surface area (Å²) < 4.78 is 5.14. The topological polar surface area (TPSA) is 41.1 Å². The van der Waals surface area contributed by atoms with Gasteiger partial charge in [-0.1, -0.05) is 92.2 Å². The van der Waals surface area contributed by atoms with Gasteiger partial charge in [-0.05, 0) is 92.8 Å². The molecule has 256 valence electrons. The minimum absolute atomic E-state index is 0.0685. The van der Waals surface area contributed by atoms with Gasteiger partial charge in [-0.15, -0.1) is 0 Å². The van der Waals surface area contributed by atoms with Gasteiger partial charge in [-0.2, -0.15) is 4.57 Å². The Hall–Kier alpha value is -5.23. The molecule has 0 saturated carbocycles. The Balaban J connectivity index is 1.25. The minimum atomic E-state index is -0.0685. The molecule has 5 heterocycles. The molecular formula is C45H47N6+. The normalized spacial score (nSPS) is 19.6. The van der Waals surface area contributed by atoms with Gasteiger partial charge in [0, 0.05) is 24.2 Å². The zero-order valence-electron chi connectivity index (χ0n) is 30.9. The van der Waals surface area contributed by atoms with Gasteiger partial charge in [0.15, 0.2) is 11.6 Å². The number of nitrogens with zero attached hydrogens (tertiary/aromatic N) is 6. The van der Waals surface area contributed by atoms with Gasteiger partial charge in [0.05, 0.1) is 11.8 Å². The van der Waals surface area contributed by atoms with Crippen molar-refractivity contribution in [2.45, 2.75) is 84.3 Å². The second-order valence-corrected chi connectivity index (χ2v) is 15.1. The Bertz CT molecular complexity index is 2310. The molecule has 0 aliphatic carbocycles. The van der Waals surface area contributed by atoms with Crippen LogP contribution in [0.5, 0.6) is 0 Å². The van der Waals surface area contributed by atoms with E-state index in [4.69, 9.17) is 9.97 Å². The molecule has 6 aromatic rings. The Kier molecular flexibility index (Phi) is 7.25. The molecule has 2 aromatic heterocycles. The summed E-state index contributed by atoms with van der Waals surface area (Å²) in [6.45, 7) is 13.6. The summed E-state index contributed by atoms with van der Waals surface area (Å²) in [5, 5.41) is 0. The lowest BCUT2D eigenvalue weighted by Gasteiger charge is -2.37. The third-order valence-electron chi connectivity index (χ3n) is 12.4. The van der Waals surface area contributed by atoms with Crippen molar-refractivity contribution in [1.29, 1.82) is 0 Å². The zero-order valence-corrected chi connectivity index (χ0v) is 30.9. The van der Waals surface area contributed by atoms with Crippen LogP contribution >= 0.6 is 0 Å². The molecule has 3 atom stereocenters. The third-order valence-corrected chi connectivity index (χ3v) is 12.4. The maximum Gasteiger partial charge on any atom is 0.294 e. The third kappa shape index (κ3) is 4.51. The van der Waals surface area contributed by atoms with Crippen LogP contribution in [0.1, 0.15) is 78.3 Å². The molecular weight excluding hydrogens is 625 g/mol. The van der Waals surface area contributed by atoms with Crippen molar-refractivity contribution in [3.8, 4) is 28.5 Å². The molecule has 0 bridgehead atoms. The number of para-hydroxylation sites is 1. The van der Waals surface area contributed by atoms with Gasteiger partial charge in [0.25, 0.3) is 5.82 Å². The number of likely N-dealkylation sites (N-methyl/N-ethyl adjacent to an activating group) is 1. The number of imidazole rings is 1. The number of anilines is 3. The van der Waals surface area contributed by atoms with E-state index in [0.29, 0.717) is 0 Å². The zero-order chi connectivity index (χ0) is 35.2. The molecule has 9 rings (SSSR count). The molecule has 6 heteroatoms. The predicted octanol–water partition coefficient (Wildman–Crippen LogP) is 9.84. The van der Waals surface area contributed by atoms with Crippen molar-refractivity contribution in [2.75, 3.05) is 16.8 Å². The highest BCUT2D eigenvalue weighted by Gasteiger charge is 2.55. The van der Waals surface area contributed by atoms with Crippen molar-refractivity contribution in [3.63, 3.8) is 0 Å². The summed E-state index contributed by atoms with van der Waals surface area (Å²) in [6.07, 6.45) is 9.95. The number of hydrogen-bond donors (Lipinski definition) is 0. The predicted molar refractivity (Wildman–Crippen MR) is 207 cm³/mol. The maximum absolute atomic E-state index is 5.34. The van der Waals surface area contributed by atoms with Crippen LogP contribution in [-0.2, 0) is 5.54 Å². The molecule has 4 aromatic carbocycles. The molecule has 0 saturated heterocycles. The van der Waals surface area contributed by atoms with Crippen LogP contribution in [0.25, 0.3) is 28.5 Å². The number of benzene rings is 4. The number of aryl methyl sites for hydroxylation is 4. The first-order chi connectivity index (χ1) is 24.8. The summed E-state index contributed by atoms with van der Waals surface area (Å²) in [6, 6.07) is 31.4. The van der Waals surface area contributed by atoms with Crippen LogP contribution in [0.3, 0.4) is 0 Å². The van der Waals surface area contributed by atoms with E-state index in [0.717, 1.165) is 42.2 Å². The highest BCUT2D eigenvalue weighted by atomic mass is 15.5. The summed E-state index contributed by atoms with van der Waals surface area (Å²) in [5.41, 5.74) is 13.9. The average Bonchev–Trinajstić information content (AvgIpc) is 3.78. The second-order valence-electron chi connectivity index (χ2n) is 15.1. The van der Waals surface area contributed by atoms with Gasteiger partial charge in [0.2, 0.25) is 0 Å². The van der Waals surface area contributed by atoms with Gasteiger partial charge in [0.1, 0.15) is 35.5 Å². The van der Waals surface area contributed by atoms with E-state index in [9.17, 15) is 0 Å². The van der Waals surface area contributed by atoms with Crippen LogP contribution in [-0.4, -0.2) is 27.7 Å². The van der Waals surface area contributed by atoms with Gasteiger partial charge in [-0.3, -0.25) is 0 Å². The summed E-state index contributed by atoms with van der Waals surface area (Å²) >= 11 is 0. The Morgan fingerprint density at radius 3 is 2.18 bits per heavy atom. The largest absolute Gasteiger partial charge is 0.349 e. The van der Waals surface area contributed by atoms with Crippen LogP contribution < -0.4 is 14.4 Å². The van der Waals surface area contributed by atoms with E-state index >= 15 is 0 Å². The lowest BCUT2D eigenvalue weighted by atomic mass is 9.72. The molecule has 51 heavy (non-hydrogen) atoms. The first-order valence-electron chi connectivity index (χ1n) is 18.6. The Morgan fingerprint density at radius 1 is 0.784 bits per heavy atom. The van der Waals surface area contributed by atoms with Crippen LogP contribution in [0, 0.1) is 27.7 Å². The molecule has 0 spiro atoms. The van der Waals surface area contributed by atoms with E-state index in [2.05, 4.69) is 165 Å². The van der Waals surface area contributed by atoms with Crippen LogP contribution in [0.2, 0.25) is 0 Å². The maximum atomic E-state index is 5.34. The van der Waals surface area contributed by atoms with E-state index in [1.807, 2.05) is 6.20 Å². The fraction of sp³-hybridized carbons (Fsp3) is 0.311. The van der Waals surface area contributed by atoms with E-state index < -0.39 is 0 Å². The lowest BCUT2D eigenvalue weighted by molar-refractivity contribution is -0.756. The molecule has 0 N–H and O–H groups in total. The Morgan fingerprint density at radius 2 is 1.45 bits per heavy atom. The number of fused-ring (bicyclic) bond motifs is 8. The molecule has 6 nitrogen and oxygen atoms in total. The molecule has 0 amide bonds. The lowest BCUT2D eigenvalue weighted by Crippen LogP contribution is -2.56. The average molecular weight is 672 g/mol. The van der Waals surface area contributed by atoms with E-state index in [1.54, 1.807) is 0 Å². The summed E-state index contributed by atoms with van der Waals surface area (Å²) in [5.74, 6) is 3.53. The summed E-state index contributed by atoms with van der Waals surface area (Å²) in [4.78, 5) is 15.3. The Labute approximate surface area is 302 Å². The van der Waals surface area contributed by atoms with E-state index in [-0.39, 0.29) is 23.5 Å². The second kappa shape index (κ2) is 11.7. The van der Waals surface area contributed by atoms with Crippen molar-refractivity contribution in [2.24, 2.45) is 0 Å². The number of aromatic nitrogens is 4. The quantitative estimate of drug-likeness (QED) is 0.171. The van der Waals surface area contributed by atoms with E-state index in [1.165, 1.54) is 56.1 Å². The first kappa shape index (κ1) is 31.7. The fourth-order valence-electron chi connectivity index (χ4n) is 10.0. The molecule has 0 fully saturated rings. The SMILES string of the molecule is CCC1(CC)CC(C2c3ccccc3N3c4nc(-c5ccccc5C)ncc4N(C)C23)c2ccccc2-c2n(-c3c(C)cc(C)cc3C)cc[n+]21. The van der Waals surface area contributed by atoms with Gasteiger partial charge < -0.3 is 9.80 Å². The molecule has 3 aliphatic heterocycles. The van der Waals surface area contributed by atoms with Crippen LogP contribution in [0.15, 0.2) is 104 Å². The number of hydrogen-bond acceptors (Lipinski definition) is 4. The monoisotopic (exact) mass is 671 g/mol. The molecule has 3 aliphatic rings. The smallest absolute Gasteiger partial charge is 0.294 e. The van der Waals surface area contributed by atoms with Crippen molar-refractivity contribution in [1.82, 2.24) is 14.5 Å². The minimum Gasteiger partial charge on any atom is -0.349 e. The van der Waals surface area contributed by atoms with Gasteiger partial charge >= 0.3 is 0 Å². The molecule has 0 radical (unpaired) electrons. The highest BCUT2D eigenvalue weighted by molar-refractivity contribution is 5.86. The highest BCUT2D eigenvalue weighted by Crippen LogP contribution is 2.60.